The van der Waals surface area contributed by atoms with E-state index in [2.05, 4.69) is 15.5 Å². The Labute approximate surface area is 123 Å². The first kappa shape index (κ1) is 14.0. The lowest BCUT2D eigenvalue weighted by molar-refractivity contribution is -0.113. The molecule has 0 bridgehead atoms. The Balaban J connectivity index is 1.56. The van der Waals surface area contributed by atoms with Crippen LogP contribution < -0.4 is 5.32 Å². The zero-order valence-corrected chi connectivity index (χ0v) is 11.6. The summed E-state index contributed by atoms with van der Waals surface area (Å²) in [5.74, 6) is -1.33. The molecule has 3 rings (SSSR count). The van der Waals surface area contributed by atoms with Crippen molar-refractivity contribution in [3.8, 4) is 0 Å². The SMILES string of the molecule is O=C(CSc1nnc(C2CC2)o1)Nc1c(F)cccc1F. The van der Waals surface area contributed by atoms with Crippen molar-refractivity contribution in [3.05, 3.63) is 35.7 Å². The van der Waals surface area contributed by atoms with Gasteiger partial charge in [-0.15, -0.1) is 10.2 Å². The number of carbonyl (C=O) groups is 1. The number of amides is 1. The fourth-order valence-electron chi connectivity index (χ4n) is 1.69. The number of thioether (sulfide) groups is 1. The molecule has 110 valence electrons. The Morgan fingerprint density at radius 1 is 1.33 bits per heavy atom. The number of carbonyl (C=O) groups excluding carboxylic acids is 1. The summed E-state index contributed by atoms with van der Waals surface area (Å²) >= 11 is 1.03. The highest BCUT2D eigenvalue weighted by molar-refractivity contribution is 7.99. The van der Waals surface area contributed by atoms with Crippen LogP contribution >= 0.6 is 11.8 Å². The van der Waals surface area contributed by atoms with Crippen molar-refractivity contribution in [1.82, 2.24) is 10.2 Å². The van der Waals surface area contributed by atoms with E-state index >= 15 is 0 Å². The van der Waals surface area contributed by atoms with Crippen LogP contribution in [0.25, 0.3) is 0 Å². The molecular formula is C13H11F2N3O2S. The van der Waals surface area contributed by atoms with Crippen molar-refractivity contribution in [1.29, 1.82) is 0 Å². The molecule has 1 aromatic carbocycles. The van der Waals surface area contributed by atoms with Gasteiger partial charge in [-0.25, -0.2) is 8.78 Å². The number of aromatic nitrogens is 2. The standard InChI is InChI=1S/C13H11F2N3O2S/c14-8-2-1-3-9(15)11(8)16-10(19)6-21-13-18-17-12(20-13)7-4-5-7/h1-3,7H,4-6H2,(H,16,19). The fourth-order valence-corrected chi connectivity index (χ4v) is 2.26. The Kier molecular flexibility index (Phi) is 3.87. The van der Waals surface area contributed by atoms with Crippen LogP contribution in [0.3, 0.4) is 0 Å². The van der Waals surface area contributed by atoms with E-state index < -0.39 is 23.2 Å². The fraction of sp³-hybridized carbons (Fsp3) is 0.308. The van der Waals surface area contributed by atoms with Gasteiger partial charge in [0.25, 0.3) is 5.22 Å². The van der Waals surface area contributed by atoms with Crippen LogP contribution in [0.4, 0.5) is 14.5 Å². The van der Waals surface area contributed by atoms with Gasteiger partial charge in [0.15, 0.2) is 0 Å². The zero-order chi connectivity index (χ0) is 14.8. The van der Waals surface area contributed by atoms with E-state index in [1.807, 2.05) is 0 Å². The maximum atomic E-state index is 13.4. The van der Waals surface area contributed by atoms with Crippen LogP contribution in [0.15, 0.2) is 27.8 Å². The smallest absolute Gasteiger partial charge is 0.277 e. The number of para-hydroxylation sites is 1. The third kappa shape index (κ3) is 3.38. The highest BCUT2D eigenvalue weighted by Crippen LogP contribution is 2.39. The van der Waals surface area contributed by atoms with Crippen LogP contribution in [0, 0.1) is 11.6 Å². The molecule has 21 heavy (non-hydrogen) atoms. The molecule has 1 saturated carbocycles. The van der Waals surface area contributed by atoms with Gasteiger partial charge < -0.3 is 9.73 Å². The summed E-state index contributed by atoms with van der Waals surface area (Å²) in [4.78, 5) is 11.7. The van der Waals surface area contributed by atoms with E-state index in [0.29, 0.717) is 11.8 Å². The molecular weight excluding hydrogens is 300 g/mol. The minimum absolute atomic E-state index is 0.0694. The highest BCUT2D eigenvalue weighted by atomic mass is 32.2. The molecule has 1 fully saturated rings. The van der Waals surface area contributed by atoms with Crippen molar-refractivity contribution >= 4 is 23.4 Å². The monoisotopic (exact) mass is 311 g/mol. The molecule has 1 aromatic heterocycles. The predicted molar refractivity (Wildman–Crippen MR) is 72.0 cm³/mol. The van der Waals surface area contributed by atoms with Crippen molar-refractivity contribution < 1.29 is 18.0 Å². The average molecular weight is 311 g/mol. The second-order valence-corrected chi connectivity index (χ2v) is 5.54. The van der Waals surface area contributed by atoms with Gasteiger partial charge in [-0.1, -0.05) is 17.8 Å². The average Bonchev–Trinajstić information content (AvgIpc) is 3.20. The molecule has 2 aromatic rings. The molecule has 5 nitrogen and oxygen atoms in total. The van der Waals surface area contributed by atoms with Crippen LogP contribution in [0.1, 0.15) is 24.7 Å². The van der Waals surface area contributed by atoms with Gasteiger partial charge in [-0.05, 0) is 25.0 Å². The number of halogens is 2. The molecule has 0 saturated heterocycles. The number of nitrogens with zero attached hydrogens (tertiary/aromatic N) is 2. The highest BCUT2D eigenvalue weighted by Gasteiger charge is 2.29. The normalized spacial score (nSPS) is 14.2. The number of rotatable bonds is 5. The quantitative estimate of drug-likeness (QED) is 0.860. The van der Waals surface area contributed by atoms with Crippen LogP contribution in [-0.4, -0.2) is 21.9 Å². The minimum Gasteiger partial charge on any atom is -0.416 e. The second kappa shape index (κ2) is 5.80. The van der Waals surface area contributed by atoms with Crippen LogP contribution in [0.2, 0.25) is 0 Å². The van der Waals surface area contributed by atoms with Crippen LogP contribution in [0.5, 0.6) is 0 Å². The van der Waals surface area contributed by atoms with Crippen LogP contribution in [-0.2, 0) is 4.79 Å². The van der Waals surface area contributed by atoms with Gasteiger partial charge in [0.05, 0.1) is 5.75 Å². The number of benzene rings is 1. The molecule has 0 unspecified atom stereocenters. The summed E-state index contributed by atoms with van der Waals surface area (Å²) in [6.07, 6.45) is 2.08. The van der Waals surface area contributed by atoms with E-state index in [-0.39, 0.29) is 11.0 Å². The number of anilines is 1. The van der Waals surface area contributed by atoms with Gasteiger partial charge >= 0.3 is 0 Å². The third-order valence-electron chi connectivity index (χ3n) is 2.90. The summed E-state index contributed by atoms with van der Waals surface area (Å²) in [6.45, 7) is 0. The number of nitrogens with one attached hydrogen (secondary N) is 1. The lowest BCUT2D eigenvalue weighted by Crippen LogP contribution is -2.16. The summed E-state index contributed by atoms with van der Waals surface area (Å²) in [5, 5.41) is 10.2. The van der Waals surface area contributed by atoms with E-state index in [1.54, 1.807) is 0 Å². The molecule has 0 aliphatic heterocycles. The van der Waals surface area contributed by atoms with Crippen molar-refractivity contribution in [2.24, 2.45) is 0 Å². The van der Waals surface area contributed by atoms with Gasteiger partial charge in [0, 0.05) is 5.92 Å². The molecule has 8 heteroatoms. The molecule has 1 N–H and O–H groups in total. The topological polar surface area (TPSA) is 68.0 Å². The molecule has 1 aliphatic carbocycles. The molecule has 0 spiro atoms. The molecule has 0 atom stereocenters. The lowest BCUT2D eigenvalue weighted by atomic mass is 10.3. The largest absolute Gasteiger partial charge is 0.416 e. The lowest BCUT2D eigenvalue weighted by Gasteiger charge is -2.06. The summed E-state index contributed by atoms with van der Waals surface area (Å²) in [6, 6.07) is 3.38. The Bertz CT molecular complexity index is 653. The van der Waals surface area contributed by atoms with Gasteiger partial charge in [0.1, 0.15) is 17.3 Å². The maximum Gasteiger partial charge on any atom is 0.277 e. The summed E-state index contributed by atoms with van der Waals surface area (Å²) in [7, 11) is 0. The molecule has 1 heterocycles. The van der Waals surface area contributed by atoms with Gasteiger partial charge in [-0.2, -0.15) is 0 Å². The van der Waals surface area contributed by atoms with E-state index in [1.165, 1.54) is 6.07 Å². The zero-order valence-electron chi connectivity index (χ0n) is 10.8. The van der Waals surface area contributed by atoms with Crippen molar-refractivity contribution in [2.45, 2.75) is 24.0 Å². The first-order valence-corrected chi connectivity index (χ1v) is 7.32. The Hall–Kier alpha value is -1.96. The van der Waals surface area contributed by atoms with E-state index in [9.17, 15) is 13.6 Å². The van der Waals surface area contributed by atoms with E-state index in [0.717, 1.165) is 36.7 Å². The summed E-state index contributed by atoms with van der Waals surface area (Å²) in [5.41, 5.74) is -0.452. The first-order valence-electron chi connectivity index (χ1n) is 6.33. The minimum atomic E-state index is -0.817. The first-order chi connectivity index (χ1) is 10.1. The van der Waals surface area contributed by atoms with Crippen molar-refractivity contribution in [2.75, 3.05) is 11.1 Å². The molecule has 0 radical (unpaired) electrons. The van der Waals surface area contributed by atoms with Gasteiger partial charge in [0.2, 0.25) is 11.8 Å². The molecule has 1 amide bonds. The van der Waals surface area contributed by atoms with E-state index in [4.69, 9.17) is 4.42 Å². The second-order valence-electron chi connectivity index (χ2n) is 4.61. The Morgan fingerprint density at radius 3 is 2.71 bits per heavy atom. The summed E-state index contributed by atoms with van der Waals surface area (Å²) < 4.78 is 32.1. The van der Waals surface area contributed by atoms with Gasteiger partial charge in [-0.3, -0.25) is 4.79 Å². The molecule has 1 aliphatic rings. The number of hydrogen-bond donors (Lipinski definition) is 1. The number of hydrogen-bond acceptors (Lipinski definition) is 5. The third-order valence-corrected chi connectivity index (χ3v) is 3.72. The maximum absolute atomic E-state index is 13.4. The Morgan fingerprint density at radius 2 is 2.05 bits per heavy atom. The van der Waals surface area contributed by atoms with Crippen molar-refractivity contribution in [3.63, 3.8) is 0 Å². The predicted octanol–water partition coefficient (Wildman–Crippen LogP) is 2.96.